The molecule has 90 valence electrons. The highest BCUT2D eigenvalue weighted by Crippen LogP contribution is 2.05. The first kappa shape index (κ1) is 14.3. The van der Waals surface area contributed by atoms with Gasteiger partial charge in [-0.25, -0.2) is 0 Å². The quantitative estimate of drug-likeness (QED) is 0.494. The van der Waals surface area contributed by atoms with Gasteiger partial charge in [0, 0.05) is 6.42 Å². The molecule has 0 saturated carbocycles. The van der Waals surface area contributed by atoms with Crippen LogP contribution in [0, 0.1) is 0 Å². The van der Waals surface area contributed by atoms with Crippen LogP contribution in [0.3, 0.4) is 0 Å². The first-order valence-electron chi connectivity index (χ1n) is 5.22. The van der Waals surface area contributed by atoms with Crippen molar-refractivity contribution in [2.75, 3.05) is 13.2 Å². The van der Waals surface area contributed by atoms with Gasteiger partial charge in [-0.3, -0.25) is 4.79 Å². The fourth-order valence-corrected chi connectivity index (χ4v) is 1.08. The van der Waals surface area contributed by atoms with Crippen LogP contribution >= 0.6 is 0 Å². The van der Waals surface area contributed by atoms with Crippen molar-refractivity contribution in [3.05, 3.63) is 0 Å². The number of hydrogen-bond donors (Lipinski definition) is 3. The molecule has 0 rings (SSSR count). The molecular weight excluding hydrogens is 200 g/mol. The summed E-state index contributed by atoms with van der Waals surface area (Å²) in [5.74, 6) is -0.461. The first-order chi connectivity index (χ1) is 7.10. The monoisotopic (exact) mass is 220 g/mol. The van der Waals surface area contributed by atoms with Crippen molar-refractivity contribution in [2.45, 2.75) is 44.8 Å². The third-order valence-electron chi connectivity index (χ3n) is 1.95. The van der Waals surface area contributed by atoms with E-state index < -0.39 is 24.8 Å². The highest BCUT2D eigenvalue weighted by atomic mass is 16.5. The van der Waals surface area contributed by atoms with E-state index in [0.29, 0.717) is 12.8 Å². The van der Waals surface area contributed by atoms with Gasteiger partial charge in [0.05, 0.1) is 12.7 Å². The van der Waals surface area contributed by atoms with Gasteiger partial charge in [0.1, 0.15) is 12.7 Å². The Kier molecular flexibility index (Phi) is 8.27. The summed E-state index contributed by atoms with van der Waals surface area (Å²) in [4.78, 5) is 11.0. The van der Waals surface area contributed by atoms with Gasteiger partial charge < -0.3 is 20.1 Å². The summed E-state index contributed by atoms with van der Waals surface area (Å²) in [5, 5.41) is 26.7. The minimum atomic E-state index is -1.02. The van der Waals surface area contributed by atoms with Crippen molar-refractivity contribution in [3.63, 3.8) is 0 Å². The summed E-state index contributed by atoms with van der Waals surface area (Å²) in [6.45, 7) is 1.34. The summed E-state index contributed by atoms with van der Waals surface area (Å²) in [6, 6.07) is 0. The van der Waals surface area contributed by atoms with Crippen LogP contribution in [0.2, 0.25) is 0 Å². The minimum Gasteiger partial charge on any atom is -0.463 e. The van der Waals surface area contributed by atoms with E-state index in [4.69, 9.17) is 10.2 Å². The van der Waals surface area contributed by atoms with E-state index in [9.17, 15) is 9.90 Å². The van der Waals surface area contributed by atoms with E-state index in [1.807, 2.05) is 6.92 Å². The van der Waals surface area contributed by atoms with Crippen LogP contribution in [0.1, 0.15) is 32.6 Å². The zero-order chi connectivity index (χ0) is 11.7. The SMILES string of the molecule is CCCC(O)CCC(=O)OCC(O)CO. The molecule has 0 heterocycles. The lowest BCUT2D eigenvalue weighted by atomic mass is 10.1. The van der Waals surface area contributed by atoms with Gasteiger partial charge >= 0.3 is 5.97 Å². The molecule has 5 nitrogen and oxygen atoms in total. The van der Waals surface area contributed by atoms with Crippen molar-refractivity contribution in [3.8, 4) is 0 Å². The lowest BCUT2D eigenvalue weighted by Gasteiger charge is -2.10. The van der Waals surface area contributed by atoms with Crippen molar-refractivity contribution in [2.24, 2.45) is 0 Å². The molecule has 0 aliphatic rings. The molecule has 0 aromatic rings. The number of carbonyl (C=O) groups excluding carboxylic acids is 1. The second-order valence-electron chi connectivity index (χ2n) is 3.50. The average Bonchev–Trinajstić information content (AvgIpc) is 2.23. The molecule has 2 unspecified atom stereocenters. The number of hydrogen-bond acceptors (Lipinski definition) is 5. The Morgan fingerprint density at radius 2 is 1.93 bits per heavy atom. The molecule has 0 aliphatic heterocycles. The Bertz CT molecular complexity index is 171. The van der Waals surface area contributed by atoms with Gasteiger partial charge in [0.25, 0.3) is 0 Å². The fourth-order valence-electron chi connectivity index (χ4n) is 1.08. The molecule has 0 aromatic carbocycles. The van der Waals surface area contributed by atoms with Gasteiger partial charge in [-0.1, -0.05) is 13.3 Å². The maximum atomic E-state index is 11.0. The van der Waals surface area contributed by atoms with Crippen LogP contribution in [-0.2, 0) is 9.53 Å². The molecule has 15 heavy (non-hydrogen) atoms. The molecular formula is C10H20O5. The van der Waals surface area contributed by atoms with Crippen molar-refractivity contribution in [1.29, 1.82) is 0 Å². The van der Waals surface area contributed by atoms with Crippen molar-refractivity contribution >= 4 is 5.97 Å². The van der Waals surface area contributed by atoms with E-state index in [-0.39, 0.29) is 13.0 Å². The molecule has 0 saturated heterocycles. The maximum absolute atomic E-state index is 11.0. The molecule has 5 heteroatoms. The summed E-state index contributed by atoms with van der Waals surface area (Å²) in [7, 11) is 0. The summed E-state index contributed by atoms with van der Waals surface area (Å²) in [5.41, 5.74) is 0. The third-order valence-corrected chi connectivity index (χ3v) is 1.95. The van der Waals surface area contributed by atoms with Gasteiger partial charge in [-0.15, -0.1) is 0 Å². The highest BCUT2D eigenvalue weighted by molar-refractivity contribution is 5.69. The number of rotatable bonds is 8. The second-order valence-corrected chi connectivity index (χ2v) is 3.50. The van der Waals surface area contributed by atoms with Gasteiger partial charge in [0.2, 0.25) is 0 Å². The van der Waals surface area contributed by atoms with Crippen molar-refractivity contribution < 1.29 is 24.9 Å². The lowest BCUT2D eigenvalue weighted by Crippen LogP contribution is -2.22. The first-order valence-corrected chi connectivity index (χ1v) is 5.22. The molecule has 0 aromatic heterocycles. The Balaban J connectivity index is 3.48. The van der Waals surface area contributed by atoms with Gasteiger partial charge in [-0.2, -0.15) is 0 Å². The predicted octanol–water partition coefficient (Wildman–Crippen LogP) is -0.176. The van der Waals surface area contributed by atoms with Crippen LogP contribution in [0.25, 0.3) is 0 Å². The van der Waals surface area contributed by atoms with E-state index >= 15 is 0 Å². The topological polar surface area (TPSA) is 87.0 Å². The van der Waals surface area contributed by atoms with Crippen LogP contribution in [0.4, 0.5) is 0 Å². The van der Waals surface area contributed by atoms with Crippen molar-refractivity contribution in [1.82, 2.24) is 0 Å². The lowest BCUT2D eigenvalue weighted by molar-refractivity contribution is -0.147. The number of aliphatic hydroxyl groups excluding tert-OH is 3. The minimum absolute atomic E-state index is 0.138. The Hall–Kier alpha value is -0.650. The van der Waals surface area contributed by atoms with E-state index in [2.05, 4.69) is 4.74 Å². The zero-order valence-corrected chi connectivity index (χ0v) is 9.06. The summed E-state index contributed by atoms with van der Waals surface area (Å²) < 4.78 is 4.66. The average molecular weight is 220 g/mol. The molecule has 0 amide bonds. The van der Waals surface area contributed by atoms with Crippen LogP contribution < -0.4 is 0 Å². The molecule has 2 atom stereocenters. The summed E-state index contributed by atoms with van der Waals surface area (Å²) in [6.07, 6.45) is 0.576. The zero-order valence-electron chi connectivity index (χ0n) is 9.06. The van der Waals surface area contributed by atoms with Crippen LogP contribution in [0.15, 0.2) is 0 Å². The Labute approximate surface area is 89.7 Å². The van der Waals surface area contributed by atoms with E-state index in [1.54, 1.807) is 0 Å². The molecule has 0 radical (unpaired) electrons. The molecule has 0 fully saturated rings. The number of ether oxygens (including phenoxy) is 1. The Morgan fingerprint density at radius 3 is 2.47 bits per heavy atom. The number of esters is 1. The van der Waals surface area contributed by atoms with Gasteiger partial charge in [0.15, 0.2) is 0 Å². The summed E-state index contributed by atoms with van der Waals surface area (Å²) >= 11 is 0. The molecule has 0 aliphatic carbocycles. The third kappa shape index (κ3) is 8.35. The second kappa shape index (κ2) is 8.64. The Morgan fingerprint density at radius 1 is 1.27 bits per heavy atom. The largest absolute Gasteiger partial charge is 0.463 e. The van der Waals surface area contributed by atoms with E-state index in [0.717, 1.165) is 6.42 Å². The fraction of sp³-hybridized carbons (Fsp3) is 0.900. The van der Waals surface area contributed by atoms with E-state index in [1.165, 1.54) is 0 Å². The van der Waals surface area contributed by atoms with Crippen LogP contribution in [-0.4, -0.2) is 46.7 Å². The molecule has 0 bridgehead atoms. The van der Waals surface area contributed by atoms with Gasteiger partial charge in [-0.05, 0) is 12.8 Å². The standard InChI is InChI=1S/C10H20O5/c1-2-3-8(12)4-5-10(14)15-7-9(13)6-11/h8-9,11-13H,2-7H2,1H3. The highest BCUT2D eigenvalue weighted by Gasteiger charge is 2.10. The van der Waals surface area contributed by atoms with Crippen LogP contribution in [0.5, 0.6) is 0 Å². The molecule has 3 N–H and O–H groups in total. The maximum Gasteiger partial charge on any atom is 0.305 e. The smallest absolute Gasteiger partial charge is 0.305 e. The normalized spacial score (nSPS) is 14.7. The number of aliphatic hydroxyl groups is 3. The predicted molar refractivity (Wildman–Crippen MR) is 54.2 cm³/mol. The number of carbonyl (C=O) groups is 1. The molecule has 0 spiro atoms.